The number of carbonyl (C=O) groups is 3. The first-order chi connectivity index (χ1) is 16.0. The van der Waals surface area contributed by atoms with Gasteiger partial charge in [-0.05, 0) is 54.1 Å². The number of benzene rings is 3. The quantitative estimate of drug-likeness (QED) is 0.427. The minimum atomic E-state index is -0.822. The van der Waals surface area contributed by atoms with Gasteiger partial charge in [-0.15, -0.1) is 0 Å². The van der Waals surface area contributed by atoms with Crippen molar-refractivity contribution >= 4 is 41.2 Å². The van der Waals surface area contributed by atoms with Crippen molar-refractivity contribution in [1.82, 2.24) is 5.32 Å². The standard InChI is InChI=1S/C25H19ClN2O5/c1-32-20-7-4-5-16(13-20)14-21-23(29)27-25(31)28(24(21)30)18-9-11-19(12-10-18)33-15-17-6-2-3-8-22(17)26/h2-14H,15H2,1H3,(H,27,29,31)/b21-14-. The average Bonchev–Trinajstić information content (AvgIpc) is 2.82. The van der Waals surface area contributed by atoms with Gasteiger partial charge in [0.1, 0.15) is 23.7 Å². The number of carbonyl (C=O) groups excluding carboxylic acids is 3. The number of halogens is 1. The highest BCUT2D eigenvalue weighted by molar-refractivity contribution is 6.39. The molecule has 33 heavy (non-hydrogen) atoms. The van der Waals surface area contributed by atoms with Crippen LogP contribution in [0.2, 0.25) is 5.02 Å². The number of rotatable bonds is 6. The number of anilines is 1. The van der Waals surface area contributed by atoms with E-state index in [0.717, 1.165) is 10.5 Å². The van der Waals surface area contributed by atoms with Gasteiger partial charge in [0.05, 0.1) is 12.8 Å². The van der Waals surface area contributed by atoms with E-state index in [2.05, 4.69) is 5.32 Å². The van der Waals surface area contributed by atoms with Crippen molar-refractivity contribution in [2.45, 2.75) is 6.61 Å². The molecule has 1 heterocycles. The maximum Gasteiger partial charge on any atom is 0.335 e. The van der Waals surface area contributed by atoms with Crippen molar-refractivity contribution in [3.63, 3.8) is 0 Å². The lowest BCUT2D eigenvalue weighted by molar-refractivity contribution is -0.122. The number of barbiturate groups is 1. The minimum Gasteiger partial charge on any atom is -0.497 e. The molecule has 3 aromatic carbocycles. The summed E-state index contributed by atoms with van der Waals surface area (Å²) >= 11 is 6.14. The van der Waals surface area contributed by atoms with E-state index in [-0.39, 0.29) is 12.2 Å². The molecule has 3 aromatic rings. The van der Waals surface area contributed by atoms with Crippen LogP contribution >= 0.6 is 11.6 Å². The van der Waals surface area contributed by atoms with Crippen LogP contribution in [0.1, 0.15) is 11.1 Å². The predicted molar refractivity (Wildman–Crippen MR) is 124 cm³/mol. The number of imide groups is 2. The Balaban J connectivity index is 1.54. The number of nitrogens with one attached hydrogen (secondary N) is 1. The molecule has 8 heteroatoms. The summed E-state index contributed by atoms with van der Waals surface area (Å²) in [5.41, 5.74) is 1.55. The number of hydrogen-bond donors (Lipinski definition) is 1. The highest BCUT2D eigenvalue weighted by Gasteiger charge is 2.36. The molecule has 1 aliphatic rings. The molecule has 1 N–H and O–H groups in total. The number of ether oxygens (including phenoxy) is 2. The Bertz CT molecular complexity index is 1250. The number of urea groups is 1. The Kier molecular flexibility index (Phi) is 6.42. The van der Waals surface area contributed by atoms with Crippen LogP contribution in [-0.4, -0.2) is 25.0 Å². The van der Waals surface area contributed by atoms with Gasteiger partial charge >= 0.3 is 6.03 Å². The summed E-state index contributed by atoms with van der Waals surface area (Å²) in [6.07, 6.45) is 1.42. The Morgan fingerprint density at radius 2 is 1.70 bits per heavy atom. The maximum absolute atomic E-state index is 13.0. The first-order valence-electron chi connectivity index (χ1n) is 9.98. The van der Waals surface area contributed by atoms with Gasteiger partial charge in [0.15, 0.2) is 0 Å². The molecule has 0 bridgehead atoms. The molecule has 4 rings (SSSR count). The van der Waals surface area contributed by atoms with Gasteiger partial charge in [0.2, 0.25) is 0 Å². The summed E-state index contributed by atoms with van der Waals surface area (Å²) in [6, 6.07) is 19.8. The molecule has 4 amide bonds. The van der Waals surface area contributed by atoms with Gasteiger partial charge in [-0.25, -0.2) is 9.69 Å². The van der Waals surface area contributed by atoms with E-state index in [9.17, 15) is 14.4 Å². The fourth-order valence-electron chi connectivity index (χ4n) is 3.26. The van der Waals surface area contributed by atoms with Crippen molar-refractivity contribution in [2.75, 3.05) is 12.0 Å². The zero-order valence-electron chi connectivity index (χ0n) is 17.6. The predicted octanol–water partition coefficient (Wildman–Crippen LogP) is 4.59. The smallest absolute Gasteiger partial charge is 0.335 e. The highest BCUT2D eigenvalue weighted by atomic mass is 35.5. The van der Waals surface area contributed by atoms with E-state index >= 15 is 0 Å². The molecule has 7 nitrogen and oxygen atoms in total. The molecular formula is C25H19ClN2O5. The molecule has 0 aromatic heterocycles. The second-order valence-corrected chi connectivity index (χ2v) is 7.52. The van der Waals surface area contributed by atoms with Crippen LogP contribution in [0, 0.1) is 0 Å². The van der Waals surface area contributed by atoms with E-state index in [1.54, 1.807) is 54.6 Å². The molecule has 0 unspecified atom stereocenters. The summed E-state index contributed by atoms with van der Waals surface area (Å²) in [6.45, 7) is 0.268. The third-order valence-electron chi connectivity index (χ3n) is 4.95. The molecule has 0 saturated carbocycles. The van der Waals surface area contributed by atoms with Crippen LogP contribution in [-0.2, 0) is 16.2 Å². The molecule has 0 spiro atoms. The van der Waals surface area contributed by atoms with Crippen LogP contribution in [0.5, 0.6) is 11.5 Å². The van der Waals surface area contributed by atoms with Crippen LogP contribution < -0.4 is 19.7 Å². The lowest BCUT2D eigenvalue weighted by Crippen LogP contribution is -2.54. The van der Waals surface area contributed by atoms with Gasteiger partial charge in [-0.2, -0.15) is 0 Å². The first kappa shape index (κ1) is 22.1. The summed E-state index contributed by atoms with van der Waals surface area (Å²) in [4.78, 5) is 38.7. The summed E-state index contributed by atoms with van der Waals surface area (Å²) in [5.74, 6) is -0.375. The summed E-state index contributed by atoms with van der Waals surface area (Å²) in [7, 11) is 1.52. The number of methoxy groups -OCH3 is 1. The Labute approximate surface area is 195 Å². The molecule has 1 saturated heterocycles. The Morgan fingerprint density at radius 3 is 2.42 bits per heavy atom. The largest absolute Gasteiger partial charge is 0.497 e. The topological polar surface area (TPSA) is 84.9 Å². The lowest BCUT2D eigenvalue weighted by Gasteiger charge is -2.26. The number of hydrogen-bond acceptors (Lipinski definition) is 5. The molecule has 1 fully saturated rings. The fraction of sp³-hybridized carbons (Fsp3) is 0.0800. The SMILES string of the molecule is COc1cccc(/C=C2/C(=O)NC(=O)N(c3ccc(OCc4ccccc4Cl)cc3)C2=O)c1. The van der Waals surface area contributed by atoms with Crippen molar-refractivity contribution in [3.05, 3.63) is 94.5 Å². The maximum atomic E-state index is 13.0. The van der Waals surface area contributed by atoms with E-state index in [1.807, 2.05) is 18.2 Å². The monoisotopic (exact) mass is 462 g/mol. The molecule has 0 radical (unpaired) electrons. The van der Waals surface area contributed by atoms with Crippen LogP contribution in [0.25, 0.3) is 6.08 Å². The third-order valence-corrected chi connectivity index (χ3v) is 5.32. The van der Waals surface area contributed by atoms with E-state index in [0.29, 0.717) is 27.8 Å². The second-order valence-electron chi connectivity index (χ2n) is 7.11. The Morgan fingerprint density at radius 1 is 0.939 bits per heavy atom. The molecular weight excluding hydrogens is 444 g/mol. The van der Waals surface area contributed by atoms with Crippen LogP contribution in [0.3, 0.4) is 0 Å². The van der Waals surface area contributed by atoms with Gasteiger partial charge in [0, 0.05) is 10.6 Å². The first-order valence-corrected chi connectivity index (χ1v) is 10.4. The fourth-order valence-corrected chi connectivity index (χ4v) is 3.45. The summed E-state index contributed by atoms with van der Waals surface area (Å²) in [5, 5.41) is 2.81. The molecule has 1 aliphatic heterocycles. The molecule has 0 atom stereocenters. The number of nitrogens with zero attached hydrogens (tertiary/aromatic N) is 1. The van der Waals surface area contributed by atoms with Crippen molar-refractivity contribution in [2.24, 2.45) is 0 Å². The van der Waals surface area contributed by atoms with Crippen LogP contribution in [0.4, 0.5) is 10.5 Å². The van der Waals surface area contributed by atoms with Crippen molar-refractivity contribution < 1.29 is 23.9 Å². The van der Waals surface area contributed by atoms with Gasteiger partial charge in [-0.3, -0.25) is 14.9 Å². The third kappa shape index (κ3) is 4.88. The van der Waals surface area contributed by atoms with E-state index < -0.39 is 17.8 Å². The van der Waals surface area contributed by atoms with Crippen molar-refractivity contribution in [1.29, 1.82) is 0 Å². The lowest BCUT2D eigenvalue weighted by atomic mass is 10.1. The summed E-state index contributed by atoms with van der Waals surface area (Å²) < 4.78 is 10.9. The van der Waals surface area contributed by atoms with Gasteiger partial charge in [-0.1, -0.05) is 41.9 Å². The zero-order chi connectivity index (χ0) is 23.4. The van der Waals surface area contributed by atoms with Crippen molar-refractivity contribution in [3.8, 4) is 11.5 Å². The highest BCUT2D eigenvalue weighted by Crippen LogP contribution is 2.26. The second kappa shape index (κ2) is 9.58. The van der Waals surface area contributed by atoms with Crippen LogP contribution in [0.15, 0.2) is 78.4 Å². The Hall–Kier alpha value is -4.10. The average molecular weight is 463 g/mol. The number of amides is 4. The molecule has 166 valence electrons. The normalized spacial score (nSPS) is 14.9. The van der Waals surface area contributed by atoms with E-state index in [4.69, 9.17) is 21.1 Å². The minimum absolute atomic E-state index is 0.165. The molecule has 0 aliphatic carbocycles. The van der Waals surface area contributed by atoms with Gasteiger partial charge < -0.3 is 9.47 Å². The zero-order valence-corrected chi connectivity index (χ0v) is 18.3. The van der Waals surface area contributed by atoms with Gasteiger partial charge in [0.25, 0.3) is 11.8 Å². The van der Waals surface area contributed by atoms with E-state index in [1.165, 1.54) is 13.2 Å².